The highest BCUT2D eigenvalue weighted by atomic mass is 16.5. The summed E-state index contributed by atoms with van der Waals surface area (Å²) in [6, 6.07) is 5.78. The van der Waals surface area contributed by atoms with Crippen LogP contribution in [0.1, 0.15) is 41.3 Å². The average molecular weight is 260 g/mol. The van der Waals surface area contributed by atoms with Crippen LogP contribution in [0.3, 0.4) is 0 Å². The Kier molecular flexibility index (Phi) is 3.07. The number of fused-ring (bicyclic) bond motifs is 1. The van der Waals surface area contributed by atoms with E-state index in [4.69, 9.17) is 10.5 Å². The van der Waals surface area contributed by atoms with E-state index in [-0.39, 0.29) is 11.4 Å². The molecule has 1 aromatic carbocycles. The first kappa shape index (κ1) is 12.6. The Morgan fingerprint density at radius 1 is 1.42 bits per heavy atom. The quantitative estimate of drug-likeness (QED) is 0.863. The maximum absolute atomic E-state index is 12.3. The first-order valence-corrected chi connectivity index (χ1v) is 6.84. The fourth-order valence-corrected chi connectivity index (χ4v) is 2.69. The van der Waals surface area contributed by atoms with E-state index in [1.807, 2.05) is 25.1 Å². The number of rotatable bonds is 4. The standard InChI is InChI=1S/C15H20N2O2/c1-15(9-16,13-4-5-13)17-14(18)10-2-3-11-7-19-8-12(11)6-10/h2-3,6,13H,4-5,7-9,16H2,1H3,(H,17,18). The number of hydrogen-bond donors (Lipinski definition) is 2. The molecule has 1 atom stereocenters. The second-order valence-corrected chi connectivity index (χ2v) is 5.83. The lowest BCUT2D eigenvalue weighted by Gasteiger charge is -2.29. The van der Waals surface area contributed by atoms with Crippen molar-refractivity contribution in [2.75, 3.05) is 6.54 Å². The van der Waals surface area contributed by atoms with Crippen molar-refractivity contribution < 1.29 is 9.53 Å². The first-order valence-electron chi connectivity index (χ1n) is 6.84. The van der Waals surface area contributed by atoms with E-state index in [2.05, 4.69) is 5.32 Å². The van der Waals surface area contributed by atoms with Crippen molar-refractivity contribution in [1.29, 1.82) is 0 Å². The number of benzene rings is 1. The van der Waals surface area contributed by atoms with Crippen LogP contribution in [0.5, 0.6) is 0 Å². The highest BCUT2D eigenvalue weighted by molar-refractivity contribution is 5.95. The summed E-state index contributed by atoms with van der Waals surface area (Å²) in [6.07, 6.45) is 2.32. The molecular weight excluding hydrogens is 240 g/mol. The van der Waals surface area contributed by atoms with Gasteiger partial charge in [0, 0.05) is 12.1 Å². The Balaban J connectivity index is 1.76. The Labute approximate surface area is 113 Å². The molecule has 1 unspecified atom stereocenters. The van der Waals surface area contributed by atoms with Gasteiger partial charge in [0.05, 0.1) is 18.8 Å². The van der Waals surface area contributed by atoms with E-state index in [1.54, 1.807) is 0 Å². The summed E-state index contributed by atoms with van der Waals surface area (Å²) < 4.78 is 5.37. The van der Waals surface area contributed by atoms with E-state index in [1.165, 1.54) is 5.56 Å². The van der Waals surface area contributed by atoms with Crippen molar-refractivity contribution in [2.24, 2.45) is 11.7 Å². The summed E-state index contributed by atoms with van der Waals surface area (Å²) in [7, 11) is 0. The minimum atomic E-state index is -0.271. The van der Waals surface area contributed by atoms with Crippen LogP contribution in [0, 0.1) is 5.92 Å². The molecule has 0 aromatic heterocycles. The number of nitrogens with two attached hydrogens (primary N) is 1. The molecule has 1 saturated carbocycles. The molecule has 0 spiro atoms. The van der Waals surface area contributed by atoms with Crippen molar-refractivity contribution in [1.82, 2.24) is 5.32 Å². The number of nitrogens with one attached hydrogen (secondary N) is 1. The fraction of sp³-hybridized carbons (Fsp3) is 0.533. The zero-order chi connectivity index (χ0) is 13.5. The maximum Gasteiger partial charge on any atom is 0.251 e. The van der Waals surface area contributed by atoms with Crippen LogP contribution in [0.4, 0.5) is 0 Å². The van der Waals surface area contributed by atoms with Gasteiger partial charge in [0.1, 0.15) is 0 Å². The molecule has 4 heteroatoms. The van der Waals surface area contributed by atoms with Crippen LogP contribution in [0.2, 0.25) is 0 Å². The van der Waals surface area contributed by atoms with Gasteiger partial charge < -0.3 is 15.8 Å². The van der Waals surface area contributed by atoms with E-state index in [9.17, 15) is 4.79 Å². The molecule has 2 aliphatic rings. The van der Waals surface area contributed by atoms with Crippen molar-refractivity contribution in [3.63, 3.8) is 0 Å². The van der Waals surface area contributed by atoms with Gasteiger partial charge >= 0.3 is 0 Å². The van der Waals surface area contributed by atoms with Gasteiger partial charge in [0.25, 0.3) is 5.91 Å². The Morgan fingerprint density at radius 3 is 2.84 bits per heavy atom. The smallest absolute Gasteiger partial charge is 0.251 e. The lowest BCUT2D eigenvalue weighted by Crippen LogP contribution is -2.53. The lowest BCUT2D eigenvalue weighted by molar-refractivity contribution is 0.0897. The molecule has 0 saturated heterocycles. The normalized spacial score (nSPS) is 20.7. The molecule has 1 aliphatic heterocycles. The molecule has 4 nitrogen and oxygen atoms in total. The van der Waals surface area contributed by atoms with Crippen LogP contribution in [-0.2, 0) is 18.0 Å². The van der Waals surface area contributed by atoms with Gasteiger partial charge in [0.15, 0.2) is 0 Å². The summed E-state index contributed by atoms with van der Waals surface area (Å²) in [5.74, 6) is 0.494. The van der Waals surface area contributed by atoms with Crippen molar-refractivity contribution in [3.05, 3.63) is 34.9 Å². The molecular formula is C15H20N2O2. The van der Waals surface area contributed by atoms with Gasteiger partial charge in [-0.15, -0.1) is 0 Å². The second kappa shape index (κ2) is 4.62. The number of hydrogen-bond acceptors (Lipinski definition) is 3. The van der Waals surface area contributed by atoms with Gasteiger partial charge in [-0.05, 0) is 48.9 Å². The van der Waals surface area contributed by atoms with Crippen LogP contribution in [-0.4, -0.2) is 18.0 Å². The highest BCUT2D eigenvalue weighted by Gasteiger charge is 2.41. The summed E-state index contributed by atoms with van der Waals surface area (Å²) in [5.41, 5.74) is 8.56. The zero-order valence-corrected chi connectivity index (χ0v) is 11.2. The van der Waals surface area contributed by atoms with Gasteiger partial charge in [-0.25, -0.2) is 0 Å². The summed E-state index contributed by atoms with van der Waals surface area (Å²) >= 11 is 0. The molecule has 19 heavy (non-hydrogen) atoms. The van der Waals surface area contributed by atoms with Crippen LogP contribution in [0.25, 0.3) is 0 Å². The third kappa shape index (κ3) is 2.38. The largest absolute Gasteiger partial charge is 0.372 e. The minimum Gasteiger partial charge on any atom is -0.372 e. The van der Waals surface area contributed by atoms with Gasteiger partial charge in [-0.3, -0.25) is 4.79 Å². The molecule has 1 amide bonds. The third-order valence-electron chi connectivity index (χ3n) is 4.29. The molecule has 3 N–H and O–H groups in total. The molecule has 0 radical (unpaired) electrons. The fourth-order valence-electron chi connectivity index (χ4n) is 2.69. The van der Waals surface area contributed by atoms with Gasteiger partial charge in [-0.1, -0.05) is 6.07 Å². The SMILES string of the molecule is CC(CN)(NC(=O)c1ccc2c(c1)COC2)C1CC1. The maximum atomic E-state index is 12.3. The second-order valence-electron chi connectivity index (χ2n) is 5.83. The molecule has 3 rings (SSSR count). The average Bonchev–Trinajstić information content (AvgIpc) is 3.17. The topological polar surface area (TPSA) is 64.3 Å². The van der Waals surface area contributed by atoms with Crippen LogP contribution in [0.15, 0.2) is 18.2 Å². The van der Waals surface area contributed by atoms with Crippen molar-refractivity contribution in [3.8, 4) is 0 Å². The minimum absolute atomic E-state index is 0.0328. The Morgan fingerprint density at radius 2 is 2.16 bits per heavy atom. The van der Waals surface area contributed by atoms with Crippen molar-refractivity contribution >= 4 is 5.91 Å². The molecule has 1 aromatic rings. The van der Waals surface area contributed by atoms with Gasteiger partial charge in [-0.2, -0.15) is 0 Å². The third-order valence-corrected chi connectivity index (χ3v) is 4.29. The first-order chi connectivity index (χ1) is 9.12. The van der Waals surface area contributed by atoms with Crippen molar-refractivity contribution in [2.45, 2.75) is 38.5 Å². The Hall–Kier alpha value is -1.39. The van der Waals surface area contributed by atoms with Gasteiger partial charge in [0.2, 0.25) is 0 Å². The predicted molar refractivity (Wildman–Crippen MR) is 72.6 cm³/mol. The number of ether oxygens (including phenoxy) is 1. The molecule has 1 heterocycles. The molecule has 1 aliphatic carbocycles. The highest BCUT2D eigenvalue weighted by Crippen LogP contribution is 2.39. The van der Waals surface area contributed by atoms with Crippen LogP contribution >= 0.6 is 0 Å². The summed E-state index contributed by atoms with van der Waals surface area (Å²) in [5, 5.41) is 3.11. The molecule has 1 fully saturated rings. The lowest BCUT2D eigenvalue weighted by atomic mass is 9.95. The molecule has 0 bridgehead atoms. The number of amides is 1. The summed E-state index contributed by atoms with van der Waals surface area (Å²) in [6.45, 7) is 3.78. The van der Waals surface area contributed by atoms with Crippen LogP contribution < -0.4 is 11.1 Å². The zero-order valence-electron chi connectivity index (χ0n) is 11.2. The van der Waals surface area contributed by atoms with E-state index < -0.39 is 0 Å². The molecule has 102 valence electrons. The predicted octanol–water partition coefficient (Wildman–Crippen LogP) is 1.57. The Bertz CT molecular complexity index is 511. The number of carbonyl (C=O) groups is 1. The number of carbonyl (C=O) groups excluding carboxylic acids is 1. The monoisotopic (exact) mass is 260 g/mol. The van der Waals surface area contributed by atoms with E-state index in [0.717, 1.165) is 18.4 Å². The summed E-state index contributed by atoms with van der Waals surface area (Å²) in [4.78, 5) is 12.3. The van der Waals surface area contributed by atoms with E-state index in [0.29, 0.717) is 31.2 Å². The van der Waals surface area contributed by atoms with E-state index >= 15 is 0 Å².